The number of hydrogen-bond acceptors (Lipinski definition) is 7. The van der Waals surface area contributed by atoms with E-state index in [1.54, 1.807) is 6.92 Å². The highest BCUT2D eigenvalue weighted by atomic mass is 16.5. The molecule has 36 heavy (non-hydrogen) atoms. The molecule has 1 fully saturated rings. The van der Waals surface area contributed by atoms with Crippen molar-refractivity contribution in [2.75, 3.05) is 11.9 Å². The maximum atomic E-state index is 13.2. The predicted octanol–water partition coefficient (Wildman–Crippen LogP) is 0.613. The summed E-state index contributed by atoms with van der Waals surface area (Å²) in [5.74, 6) is -0.344. The molecule has 0 bridgehead atoms. The lowest BCUT2D eigenvalue weighted by Crippen LogP contribution is -2.43. The summed E-state index contributed by atoms with van der Waals surface area (Å²) in [6.07, 6.45) is 9.52. The number of carbonyl (C=O) groups is 4. The van der Waals surface area contributed by atoms with Crippen molar-refractivity contribution < 1.29 is 28.8 Å². The van der Waals surface area contributed by atoms with Crippen molar-refractivity contribution in [1.29, 1.82) is 0 Å². The van der Waals surface area contributed by atoms with E-state index in [1.165, 1.54) is 30.5 Å². The zero-order valence-electron chi connectivity index (χ0n) is 19.4. The molecule has 1 aliphatic rings. The number of carbonyl (C=O) groups excluding carboxylic acids is 3. The topological polar surface area (TPSA) is 173 Å². The minimum atomic E-state index is -1.22. The van der Waals surface area contributed by atoms with Crippen LogP contribution in [0.2, 0.25) is 0 Å². The molecule has 0 saturated carbocycles. The van der Waals surface area contributed by atoms with Gasteiger partial charge in [-0.3, -0.25) is 19.2 Å². The molecule has 2 aromatic rings. The van der Waals surface area contributed by atoms with Gasteiger partial charge in [0, 0.05) is 43.3 Å². The molecule has 3 rings (SSSR count). The van der Waals surface area contributed by atoms with Crippen LogP contribution >= 0.6 is 0 Å². The van der Waals surface area contributed by atoms with E-state index in [2.05, 4.69) is 27.0 Å². The third kappa shape index (κ3) is 6.47. The third-order valence-corrected chi connectivity index (χ3v) is 5.53. The number of terminal acetylenes is 1. The molecule has 188 valence electrons. The minimum absolute atomic E-state index is 0.0239. The van der Waals surface area contributed by atoms with Crippen LogP contribution in [0.25, 0.3) is 0 Å². The van der Waals surface area contributed by atoms with Crippen LogP contribution in [0.1, 0.15) is 41.6 Å². The fourth-order valence-corrected chi connectivity index (χ4v) is 3.78. The maximum Gasteiger partial charge on any atom is 0.328 e. The standard InChI is InChI=1S/C24H25N5O7/c1-3-5-19(23(34)26-16(7-8-20(30)31)13-15-9-10-25-21(15)32)29-11-4-6-17(24(29)35)27-22(33)18-12-14(2)36-28-18/h1,4,6-8,11-12,15-16,19H,5,9-10,13H2,2H3,(H,25,32)(H,26,34)(H,27,33)(H,30,31). The number of amides is 3. The van der Waals surface area contributed by atoms with Gasteiger partial charge >= 0.3 is 5.97 Å². The maximum absolute atomic E-state index is 13.2. The van der Waals surface area contributed by atoms with E-state index in [-0.39, 0.29) is 30.1 Å². The van der Waals surface area contributed by atoms with Crippen molar-refractivity contribution in [3.05, 3.63) is 58.4 Å². The van der Waals surface area contributed by atoms with Crippen LogP contribution in [0, 0.1) is 25.2 Å². The van der Waals surface area contributed by atoms with Crippen molar-refractivity contribution in [1.82, 2.24) is 20.4 Å². The molecule has 12 heteroatoms. The molecule has 2 aromatic heterocycles. The SMILES string of the molecule is C#CCC(C(=O)NC(C=CC(=O)O)CC1CCNC1=O)n1cccc(NC(=O)c2cc(C)on2)c1=O. The largest absolute Gasteiger partial charge is 0.478 e. The lowest BCUT2D eigenvalue weighted by molar-refractivity contribution is -0.131. The summed E-state index contributed by atoms with van der Waals surface area (Å²) in [5.41, 5.74) is -0.818. The predicted molar refractivity (Wildman–Crippen MR) is 127 cm³/mol. The highest BCUT2D eigenvalue weighted by Gasteiger charge is 2.29. The average Bonchev–Trinajstić information content (AvgIpc) is 3.45. The fraction of sp³-hybridized carbons (Fsp3) is 0.333. The Kier molecular flexibility index (Phi) is 8.40. The molecular weight excluding hydrogens is 470 g/mol. The van der Waals surface area contributed by atoms with Gasteiger partial charge in [0.1, 0.15) is 17.5 Å². The monoisotopic (exact) mass is 495 g/mol. The molecule has 3 heterocycles. The molecule has 3 amide bonds. The second-order valence-electron chi connectivity index (χ2n) is 8.16. The highest BCUT2D eigenvalue weighted by molar-refractivity contribution is 6.02. The number of carboxylic acids is 1. The summed E-state index contributed by atoms with van der Waals surface area (Å²) >= 11 is 0. The van der Waals surface area contributed by atoms with Crippen LogP contribution in [0.15, 0.2) is 45.9 Å². The quantitative estimate of drug-likeness (QED) is 0.274. The van der Waals surface area contributed by atoms with Crippen LogP contribution in [-0.4, -0.2) is 51.1 Å². The number of aryl methyl sites for hydroxylation is 1. The lowest BCUT2D eigenvalue weighted by atomic mass is 9.97. The van der Waals surface area contributed by atoms with Crippen LogP contribution in [0.3, 0.4) is 0 Å². The van der Waals surface area contributed by atoms with Crippen LogP contribution < -0.4 is 21.5 Å². The van der Waals surface area contributed by atoms with Gasteiger partial charge in [0.05, 0.1) is 0 Å². The number of anilines is 1. The summed E-state index contributed by atoms with van der Waals surface area (Å²) in [4.78, 5) is 61.7. The van der Waals surface area contributed by atoms with Crippen molar-refractivity contribution >= 4 is 29.4 Å². The Morgan fingerprint density at radius 1 is 1.42 bits per heavy atom. The van der Waals surface area contributed by atoms with E-state index in [4.69, 9.17) is 16.1 Å². The van der Waals surface area contributed by atoms with Gasteiger partial charge < -0.3 is 30.1 Å². The minimum Gasteiger partial charge on any atom is -0.478 e. The van der Waals surface area contributed by atoms with Gasteiger partial charge in [-0.05, 0) is 31.9 Å². The summed E-state index contributed by atoms with van der Waals surface area (Å²) in [5, 5.41) is 20.4. The van der Waals surface area contributed by atoms with Crippen molar-refractivity contribution in [3.63, 3.8) is 0 Å². The summed E-state index contributed by atoms with van der Waals surface area (Å²) in [7, 11) is 0. The number of aromatic nitrogens is 2. The Morgan fingerprint density at radius 2 is 2.19 bits per heavy atom. The number of hydrogen-bond donors (Lipinski definition) is 4. The van der Waals surface area contributed by atoms with Gasteiger partial charge in [0.2, 0.25) is 11.8 Å². The van der Waals surface area contributed by atoms with Crippen LogP contribution in [-0.2, 0) is 14.4 Å². The molecule has 3 atom stereocenters. The van der Waals surface area contributed by atoms with Crippen molar-refractivity contribution in [3.8, 4) is 12.3 Å². The van der Waals surface area contributed by atoms with Gasteiger partial charge in [-0.25, -0.2) is 4.79 Å². The van der Waals surface area contributed by atoms with Gasteiger partial charge in [0.15, 0.2) is 5.69 Å². The van der Waals surface area contributed by atoms with Crippen LogP contribution in [0.5, 0.6) is 0 Å². The molecule has 0 aliphatic carbocycles. The normalized spacial score (nSPS) is 16.7. The van der Waals surface area contributed by atoms with E-state index in [1.807, 2.05) is 0 Å². The van der Waals surface area contributed by atoms with Crippen LogP contribution in [0.4, 0.5) is 5.69 Å². The van der Waals surface area contributed by atoms with Crippen molar-refractivity contribution in [2.45, 2.75) is 38.3 Å². The molecule has 0 aromatic carbocycles. The number of aliphatic carboxylic acids is 1. The average molecular weight is 495 g/mol. The van der Waals surface area contributed by atoms with Gasteiger partial charge in [-0.15, -0.1) is 12.3 Å². The van der Waals surface area contributed by atoms with E-state index in [0.29, 0.717) is 18.7 Å². The van der Waals surface area contributed by atoms with E-state index in [0.717, 1.165) is 10.6 Å². The molecule has 1 aliphatic heterocycles. The third-order valence-electron chi connectivity index (χ3n) is 5.53. The first-order valence-corrected chi connectivity index (χ1v) is 11.1. The van der Waals surface area contributed by atoms with E-state index in [9.17, 15) is 24.0 Å². The van der Waals surface area contributed by atoms with Gasteiger partial charge in [0.25, 0.3) is 11.5 Å². The number of rotatable bonds is 10. The number of nitrogens with one attached hydrogen (secondary N) is 3. The Morgan fingerprint density at radius 3 is 2.81 bits per heavy atom. The first kappa shape index (κ1) is 26.0. The summed E-state index contributed by atoms with van der Waals surface area (Å²) < 4.78 is 5.95. The zero-order chi connectivity index (χ0) is 26.2. The zero-order valence-corrected chi connectivity index (χ0v) is 19.4. The molecule has 0 radical (unpaired) electrons. The Hall–Kier alpha value is -4.66. The fourth-order valence-electron chi connectivity index (χ4n) is 3.78. The number of carboxylic acid groups (broad SMARTS) is 1. The Labute approximate surface area is 205 Å². The first-order chi connectivity index (χ1) is 17.2. The van der Waals surface area contributed by atoms with Gasteiger partial charge in [-0.2, -0.15) is 0 Å². The van der Waals surface area contributed by atoms with Crippen molar-refractivity contribution in [2.24, 2.45) is 5.92 Å². The molecular formula is C24H25N5O7. The van der Waals surface area contributed by atoms with E-state index >= 15 is 0 Å². The molecule has 3 unspecified atom stereocenters. The Bertz CT molecular complexity index is 1290. The second-order valence-corrected chi connectivity index (χ2v) is 8.16. The lowest BCUT2D eigenvalue weighted by Gasteiger charge is -2.23. The molecule has 1 saturated heterocycles. The summed E-state index contributed by atoms with van der Waals surface area (Å²) in [6.45, 7) is 2.11. The number of pyridine rings is 1. The molecule has 12 nitrogen and oxygen atoms in total. The van der Waals surface area contributed by atoms with E-state index < -0.39 is 41.3 Å². The summed E-state index contributed by atoms with van der Waals surface area (Å²) in [6, 6.07) is 2.28. The number of nitrogens with zero attached hydrogens (tertiary/aromatic N) is 2. The Balaban J connectivity index is 1.83. The second kappa shape index (κ2) is 11.7. The smallest absolute Gasteiger partial charge is 0.328 e. The molecule has 4 N–H and O–H groups in total. The molecule has 0 spiro atoms. The van der Waals surface area contributed by atoms with Gasteiger partial charge in [-0.1, -0.05) is 11.2 Å². The highest BCUT2D eigenvalue weighted by Crippen LogP contribution is 2.18. The first-order valence-electron chi connectivity index (χ1n) is 11.1.